The van der Waals surface area contributed by atoms with Gasteiger partial charge in [0.1, 0.15) is 10.8 Å². The smallest absolute Gasteiger partial charge is 0.254 e. The molecule has 0 atom stereocenters. The highest BCUT2D eigenvalue weighted by Crippen LogP contribution is 2.24. The van der Waals surface area contributed by atoms with Gasteiger partial charge in [-0.05, 0) is 24.1 Å². The predicted molar refractivity (Wildman–Crippen MR) is 120 cm³/mol. The van der Waals surface area contributed by atoms with E-state index in [1.807, 2.05) is 6.26 Å². The van der Waals surface area contributed by atoms with Gasteiger partial charge >= 0.3 is 0 Å². The number of amides is 1. The van der Waals surface area contributed by atoms with Crippen molar-refractivity contribution >= 4 is 46.3 Å². The topological polar surface area (TPSA) is 107 Å². The van der Waals surface area contributed by atoms with Crippen LogP contribution in [0, 0.1) is 0 Å². The van der Waals surface area contributed by atoms with Gasteiger partial charge in [0, 0.05) is 26.4 Å². The van der Waals surface area contributed by atoms with E-state index in [0.717, 1.165) is 22.6 Å². The molecule has 0 saturated heterocycles. The second-order valence-electron chi connectivity index (χ2n) is 6.13. The van der Waals surface area contributed by atoms with E-state index in [-0.39, 0.29) is 5.91 Å². The number of pyridine rings is 1. The molecule has 0 aliphatic heterocycles. The van der Waals surface area contributed by atoms with Crippen LogP contribution in [-0.4, -0.2) is 69.5 Å². The average Bonchev–Trinajstić information content (AvgIpc) is 3.17. The van der Waals surface area contributed by atoms with Crippen molar-refractivity contribution in [2.24, 2.45) is 0 Å². The lowest BCUT2D eigenvalue weighted by Gasteiger charge is -2.10. The van der Waals surface area contributed by atoms with E-state index in [0.29, 0.717) is 42.0 Å². The largest absolute Gasteiger partial charge is 0.383 e. The summed E-state index contributed by atoms with van der Waals surface area (Å²) in [5.74, 6) is 1.46. The number of nitrogens with zero attached hydrogens (tertiary/aromatic N) is 5. The van der Waals surface area contributed by atoms with Crippen LogP contribution < -0.4 is 10.6 Å². The Kier molecular flexibility index (Phi) is 8.29. The van der Waals surface area contributed by atoms with Crippen LogP contribution in [0.3, 0.4) is 0 Å². The molecule has 11 heteroatoms. The summed E-state index contributed by atoms with van der Waals surface area (Å²) in [6.45, 7) is 4.20. The fourth-order valence-corrected chi connectivity index (χ4v) is 3.91. The maximum Gasteiger partial charge on any atom is 0.254 e. The highest BCUT2D eigenvalue weighted by molar-refractivity contribution is 7.99. The van der Waals surface area contributed by atoms with E-state index in [1.54, 1.807) is 48.1 Å². The molecule has 0 radical (unpaired) electrons. The molecule has 0 aromatic carbocycles. The van der Waals surface area contributed by atoms with Gasteiger partial charge in [-0.2, -0.15) is 5.10 Å². The monoisotopic (exact) mass is 447 g/mol. The quantitative estimate of drug-likeness (QED) is 0.260. The van der Waals surface area contributed by atoms with Crippen molar-refractivity contribution in [3.8, 4) is 0 Å². The van der Waals surface area contributed by atoms with E-state index in [9.17, 15) is 4.79 Å². The molecule has 0 unspecified atom stereocenters. The van der Waals surface area contributed by atoms with Crippen LogP contribution >= 0.6 is 23.5 Å². The summed E-state index contributed by atoms with van der Waals surface area (Å²) in [6.07, 6.45) is 5.33. The number of ether oxygens (including phenoxy) is 1. The third-order valence-electron chi connectivity index (χ3n) is 4.17. The molecule has 30 heavy (non-hydrogen) atoms. The van der Waals surface area contributed by atoms with E-state index >= 15 is 0 Å². The first-order chi connectivity index (χ1) is 14.7. The molecule has 3 heterocycles. The first-order valence-corrected chi connectivity index (χ1v) is 11.7. The number of carbonyl (C=O) groups is 1. The number of methoxy groups -OCH3 is 1. The van der Waals surface area contributed by atoms with Crippen molar-refractivity contribution < 1.29 is 9.53 Å². The molecule has 2 N–H and O–H groups in total. The van der Waals surface area contributed by atoms with Gasteiger partial charge in [-0.3, -0.25) is 4.79 Å². The molecule has 0 bridgehead atoms. The van der Waals surface area contributed by atoms with Gasteiger partial charge in [0.2, 0.25) is 0 Å². The van der Waals surface area contributed by atoms with Gasteiger partial charge in [-0.1, -0.05) is 18.7 Å². The van der Waals surface area contributed by atoms with Crippen LogP contribution in [0.2, 0.25) is 0 Å². The number of thioether (sulfide) groups is 2. The summed E-state index contributed by atoms with van der Waals surface area (Å²) in [5, 5.41) is 12.9. The summed E-state index contributed by atoms with van der Waals surface area (Å²) in [5.41, 5.74) is 1.31. The zero-order chi connectivity index (χ0) is 21.3. The molecule has 0 aliphatic carbocycles. The lowest BCUT2D eigenvalue weighted by molar-refractivity contribution is 0.0948. The number of fused-ring (bicyclic) bond motifs is 1. The van der Waals surface area contributed by atoms with Gasteiger partial charge in [-0.25, -0.2) is 19.6 Å². The Morgan fingerprint density at radius 2 is 2.17 bits per heavy atom. The Bertz CT molecular complexity index is 996. The number of carbonyl (C=O) groups excluding carboxylic acids is 1. The zero-order valence-electron chi connectivity index (χ0n) is 17.2. The first kappa shape index (κ1) is 22.3. The summed E-state index contributed by atoms with van der Waals surface area (Å²) in [7, 11) is 1.66. The van der Waals surface area contributed by atoms with Crippen molar-refractivity contribution in [2.45, 2.75) is 23.7 Å². The number of hydrogen-bond acceptors (Lipinski definition) is 9. The molecule has 3 aromatic heterocycles. The molecule has 1 amide bonds. The number of rotatable bonds is 11. The molecule has 0 aliphatic rings. The average molecular weight is 448 g/mol. The third kappa shape index (κ3) is 5.41. The zero-order valence-corrected chi connectivity index (χ0v) is 18.8. The molecule has 3 aromatic rings. The Hall–Kier alpha value is -2.37. The summed E-state index contributed by atoms with van der Waals surface area (Å²) >= 11 is 3.02. The normalized spacial score (nSPS) is 11.0. The van der Waals surface area contributed by atoms with Gasteiger partial charge in [0.05, 0.1) is 30.3 Å². The van der Waals surface area contributed by atoms with E-state index in [4.69, 9.17) is 4.74 Å². The molecule has 0 saturated carbocycles. The van der Waals surface area contributed by atoms with Crippen molar-refractivity contribution in [1.82, 2.24) is 30.0 Å². The van der Waals surface area contributed by atoms with Crippen molar-refractivity contribution in [3.05, 3.63) is 30.1 Å². The first-order valence-electron chi connectivity index (χ1n) is 9.54. The second kappa shape index (κ2) is 11.1. The van der Waals surface area contributed by atoms with Crippen LogP contribution in [0.5, 0.6) is 0 Å². The molecule has 0 fully saturated rings. The van der Waals surface area contributed by atoms with Crippen molar-refractivity contribution in [3.63, 3.8) is 0 Å². The molecular formula is C19H25N7O2S2. The highest BCUT2D eigenvalue weighted by atomic mass is 32.2. The van der Waals surface area contributed by atoms with E-state index in [1.165, 1.54) is 11.8 Å². The van der Waals surface area contributed by atoms with Crippen LogP contribution in [0.1, 0.15) is 17.3 Å². The second-order valence-corrected chi connectivity index (χ2v) is 8.15. The number of anilines is 1. The number of hydrogen-bond donors (Lipinski definition) is 2. The van der Waals surface area contributed by atoms with Crippen LogP contribution in [0.15, 0.2) is 34.7 Å². The number of nitrogens with one attached hydrogen (secondary N) is 2. The Morgan fingerprint density at radius 1 is 1.30 bits per heavy atom. The van der Waals surface area contributed by atoms with Gasteiger partial charge < -0.3 is 15.4 Å². The molecule has 160 valence electrons. The summed E-state index contributed by atoms with van der Waals surface area (Å²) in [4.78, 5) is 26.0. The van der Waals surface area contributed by atoms with Crippen LogP contribution in [0.4, 0.5) is 5.82 Å². The fraction of sp³-hybridized carbons (Fsp3) is 0.421. The minimum atomic E-state index is -0.150. The Morgan fingerprint density at radius 3 is 2.93 bits per heavy atom. The summed E-state index contributed by atoms with van der Waals surface area (Å²) in [6, 6.07) is 3.54. The summed E-state index contributed by atoms with van der Waals surface area (Å²) < 4.78 is 6.90. The third-order valence-corrected chi connectivity index (χ3v) is 5.61. The molecule has 3 rings (SSSR count). The SMILES string of the molecule is CCSc1nc(NCCOC)c2cnn(CCNC(=O)c3cccnc3SC)c2n1. The van der Waals surface area contributed by atoms with Crippen LogP contribution in [0.25, 0.3) is 11.0 Å². The van der Waals surface area contributed by atoms with E-state index in [2.05, 4.69) is 37.6 Å². The molecular weight excluding hydrogens is 422 g/mol. The van der Waals surface area contributed by atoms with E-state index < -0.39 is 0 Å². The highest BCUT2D eigenvalue weighted by Gasteiger charge is 2.14. The Balaban J connectivity index is 1.73. The van der Waals surface area contributed by atoms with Crippen molar-refractivity contribution in [2.75, 3.05) is 44.1 Å². The Labute approximate surface area is 183 Å². The maximum absolute atomic E-state index is 12.5. The van der Waals surface area contributed by atoms with Gasteiger partial charge in [0.15, 0.2) is 10.8 Å². The standard InChI is InChI=1S/C19H25N7O2S2/c1-4-30-19-24-15(20-9-11-28-2)14-12-23-26(16(14)25-19)10-8-21-17(27)13-6-5-7-22-18(13)29-3/h5-7,12H,4,8-11H2,1-3H3,(H,21,27)(H,20,24,25). The minimum absolute atomic E-state index is 0.150. The van der Waals surface area contributed by atoms with Gasteiger partial charge in [0.25, 0.3) is 5.91 Å². The lowest BCUT2D eigenvalue weighted by Crippen LogP contribution is -2.28. The predicted octanol–water partition coefficient (Wildman–Crippen LogP) is 2.54. The van der Waals surface area contributed by atoms with Crippen LogP contribution in [-0.2, 0) is 11.3 Å². The lowest BCUT2D eigenvalue weighted by atomic mass is 10.2. The number of aromatic nitrogens is 5. The molecule has 9 nitrogen and oxygen atoms in total. The minimum Gasteiger partial charge on any atom is -0.383 e. The fourth-order valence-electron chi connectivity index (χ4n) is 2.80. The van der Waals surface area contributed by atoms with Crippen molar-refractivity contribution in [1.29, 1.82) is 0 Å². The molecule has 0 spiro atoms. The van der Waals surface area contributed by atoms with Gasteiger partial charge in [-0.15, -0.1) is 11.8 Å². The maximum atomic E-state index is 12.5.